The molecule has 3 nitrogen and oxygen atoms in total. The summed E-state index contributed by atoms with van der Waals surface area (Å²) in [7, 11) is 2.01. The smallest absolute Gasteiger partial charge is 0.222 e. The summed E-state index contributed by atoms with van der Waals surface area (Å²) in [6, 6.07) is 0. The fourth-order valence-electron chi connectivity index (χ4n) is 3.27. The van der Waals surface area contributed by atoms with E-state index in [0.717, 1.165) is 32.0 Å². The Labute approximate surface area is 117 Å². The first kappa shape index (κ1) is 15.8. The molecule has 0 bridgehead atoms. The number of likely N-dealkylation sites (tertiary alicyclic amines) is 1. The molecule has 0 aromatic carbocycles. The van der Waals surface area contributed by atoms with Crippen molar-refractivity contribution < 1.29 is 4.79 Å². The van der Waals surface area contributed by atoms with Crippen molar-refractivity contribution in [2.75, 3.05) is 26.7 Å². The molecule has 1 saturated heterocycles. The van der Waals surface area contributed by atoms with Gasteiger partial charge in [-0.05, 0) is 51.1 Å². The summed E-state index contributed by atoms with van der Waals surface area (Å²) >= 11 is 0. The van der Waals surface area contributed by atoms with Gasteiger partial charge in [-0.25, -0.2) is 0 Å². The molecule has 1 saturated carbocycles. The van der Waals surface area contributed by atoms with Crippen molar-refractivity contribution in [3.8, 4) is 0 Å². The van der Waals surface area contributed by atoms with Crippen molar-refractivity contribution in [1.29, 1.82) is 0 Å². The lowest BCUT2D eigenvalue weighted by atomic mass is 9.95. The van der Waals surface area contributed by atoms with Gasteiger partial charge in [-0.15, -0.1) is 12.4 Å². The number of hydrogen-bond acceptors (Lipinski definition) is 2. The fourth-order valence-corrected chi connectivity index (χ4v) is 3.27. The van der Waals surface area contributed by atoms with Crippen molar-refractivity contribution in [3.05, 3.63) is 0 Å². The van der Waals surface area contributed by atoms with Crippen LogP contribution in [0.25, 0.3) is 0 Å². The van der Waals surface area contributed by atoms with E-state index in [9.17, 15) is 4.79 Å². The number of halogens is 1. The summed E-state index contributed by atoms with van der Waals surface area (Å²) in [5, 5.41) is 3.24. The zero-order valence-corrected chi connectivity index (χ0v) is 12.3. The zero-order valence-electron chi connectivity index (χ0n) is 11.5. The second kappa shape index (κ2) is 8.00. The molecule has 0 spiro atoms. The van der Waals surface area contributed by atoms with Gasteiger partial charge < -0.3 is 10.2 Å². The lowest BCUT2D eigenvalue weighted by Crippen LogP contribution is -2.40. The molecule has 106 valence electrons. The molecule has 0 atom stereocenters. The molecule has 1 aliphatic carbocycles. The van der Waals surface area contributed by atoms with Crippen LogP contribution in [0.15, 0.2) is 0 Å². The zero-order chi connectivity index (χ0) is 12.1. The number of nitrogens with one attached hydrogen (secondary N) is 1. The van der Waals surface area contributed by atoms with Crippen molar-refractivity contribution in [2.24, 2.45) is 11.8 Å². The molecule has 2 rings (SSSR count). The van der Waals surface area contributed by atoms with E-state index in [1.807, 2.05) is 7.05 Å². The SMILES string of the molecule is CNCC1CCN(C(=O)CC2CCCC2)CC1.Cl. The van der Waals surface area contributed by atoms with E-state index in [0.29, 0.717) is 11.8 Å². The van der Waals surface area contributed by atoms with Gasteiger partial charge >= 0.3 is 0 Å². The first-order valence-electron chi connectivity index (χ1n) is 7.22. The molecule has 18 heavy (non-hydrogen) atoms. The maximum Gasteiger partial charge on any atom is 0.222 e. The summed E-state index contributed by atoms with van der Waals surface area (Å²) in [5.41, 5.74) is 0. The van der Waals surface area contributed by atoms with Crippen LogP contribution < -0.4 is 5.32 Å². The first-order chi connectivity index (χ1) is 8.29. The van der Waals surface area contributed by atoms with E-state index in [1.165, 1.54) is 38.5 Å². The largest absolute Gasteiger partial charge is 0.343 e. The summed E-state index contributed by atoms with van der Waals surface area (Å²) in [5.74, 6) is 1.88. The fraction of sp³-hybridized carbons (Fsp3) is 0.929. The third-order valence-electron chi connectivity index (χ3n) is 4.40. The van der Waals surface area contributed by atoms with Gasteiger partial charge in [0.15, 0.2) is 0 Å². The summed E-state index contributed by atoms with van der Waals surface area (Å²) in [6.45, 7) is 3.07. The van der Waals surface area contributed by atoms with Crippen molar-refractivity contribution >= 4 is 18.3 Å². The highest BCUT2D eigenvalue weighted by Crippen LogP contribution is 2.28. The van der Waals surface area contributed by atoms with Gasteiger partial charge in [-0.1, -0.05) is 12.8 Å². The topological polar surface area (TPSA) is 32.3 Å². The molecular formula is C14H27ClN2O. The van der Waals surface area contributed by atoms with E-state index in [-0.39, 0.29) is 12.4 Å². The van der Waals surface area contributed by atoms with Crippen LogP contribution in [0.2, 0.25) is 0 Å². The molecule has 1 amide bonds. The molecule has 1 N–H and O–H groups in total. The Morgan fingerprint density at radius 3 is 2.28 bits per heavy atom. The number of piperidine rings is 1. The summed E-state index contributed by atoms with van der Waals surface area (Å²) < 4.78 is 0. The Hall–Kier alpha value is -0.280. The summed E-state index contributed by atoms with van der Waals surface area (Å²) in [6.07, 6.45) is 8.40. The van der Waals surface area contributed by atoms with Crippen LogP contribution in [0.3, 0.4) is 0 Å². The molecule has 0 aromatic heterocycles. The van der Waals surface area contributed by atoms with E-state index in [1.54, 1.807) is 0 Å². The maximum absolute atomic E-state index is 12.1. The Kier molecular flexibility index (Phi) is 7.02. The highest BCUT2D eigenvalue weighted by molar-refractivity contribution is 5.85. The lowest BCUT2D eigenvalue weighted by Gasteiger charge is -2.32. The standard InChI is InChI=1S/C14H26N2O.ClH/c1-15-11-13-6-8-16(9-7-13)14(17)10-12-4-2-3-5-12;/h12-13,15H,2-11H2,1H3;1H. The molecule has 2 aliphatic rings. The van der Waals surface area contributed by atoms with Gasteiger partial charge in [0.25, 0.3) is 0 Å². The second-order valence-corrected chi connectivity index (χ2v) is 5.74. The Morgan fingerprint density at radius 2 is 1.72 bits per heavy atom. The van der Waals surface area contributed by atoms with E-state index in [4.69, 9.17) is 0 Å². The van der Waals surface area contributed by atoms with Crippen LogP contribution in [0, 0.1) is 11.8 Å². The van der Waals surface area contributed by atoms with E-state index >= 15 is 0 Å². The number of carbonyl (C=O) groups is 1. The van der Waals surface area contributed by atoms with E-state index in [2.05, 4.69) is 10.2 Å². The van der Waals surface area contributed by atoms with Crippen molar-refractivity contribution in [1.82, 2.24) is 10.2 Å². The number of amides is 1. The van der Waals surface area contributed by atoms with Crippen LogP contribution in [0.5, 0.6) is 0 Å². The van der Waals surface area contributed by atoms with E-state index < -0.39 is 0 Å². The number of hydrogen-bond donors (Lipinski definition) is 1. The highest BCUT2D eigenvalue weighted by atomic mass is 35.5. The summed E-state index contributed by atoms with van der Waals surface area (Å²) in [4.78, 5) is 14.2. The van der Waals surface area contributed by atoms with Gasteiger partial charge in [-0.2, -0.15) is 0 Å². The maximum atomic E-state index is 12.1. The Bertz CT molecular complexity index is 246. The first-order valence-corrected chi connectivity index (χ1v) is 7.22. The van der Waals surface area contributed by atoms with Crippen LogP contribution in [0.1, 0.15) is 44.9 Å². The van der Waals surface area contributed by atoms with Crippen molar-refractivity contribution in [2.45, 2.75) is 44.9 Å². The van der Waals surface area contributed by atoms with Gasteiger partial charge in [0, 0.05) is 19.5 Å². The molecule has 0 radical (unpaired) electrons. The minimum atomic E-state index is 0. The highest BCUT2D eigenvalue weighted by Gasteiger charge is 2.25. The predicted molar refractivity (Wildman–Crippen MR) is 77.1 cm³/mol. The van der Waals surface area contributed by atoms with Crippen LogP contribution in [0.4, 0.5) is 0 Å². The quantitative estimate of drug-likeness (QED) is 0.854. The molecule has 0 unspecified atom stereocenters. The number of nitrogens with zero attached hydrogens (tertiary/aromatic N) is 1. The Morgan fingerprint density at radius 1 is 1.11 bits per heavy atom. The van der Waals surface area contributed by atoms with Gasteiger partial charge in [0.1, 0.15) is 0 Å². The normalized spacial score (nSPS) is 21.9. The number of rotatable bonds is 4. The molecule has 1 heterocycles. The number of carbonyl (C=O) groups excluding carboxylic acids is 1. The third-order valence-corrected chi connectivity index (χ3v) is 4.40. The molecule has 0 aromatic rings. The van der Waals surface area contributed by atoms with Crippen LogP contribution >= 0.6 is 12.4 Å². The average molecular weight is 275 g/mol. The van der Waals surface area contributed by atoms with Crippen LogP contribution in [-0.2, 0) is 4.79 Å². The lowest BCUT2D eigenvalue weighted by molar-refractivity contribution is -0.133. The van der Waals surface area contributed by atoms with Crippen molar-refractivity contribution in [3.63, 3.8) is 0 Å². The molecular weight excluding hydrogens is 248 g/mol. The van der Waals surface area contributed by atoms with Gasteiger partial charge in [-0.3, -0.25) is 4.79 Å². The molecule has 4 heteroatoms. The average Bonchev–Trinajstić information content (AvgIpc) is 2.83. The Balaban J connectivity index is 0.00000162. The van der Waals surface area contributed by atoms with Crippen LogP contribution in [-0.4, -0.2) is 37.5 Å². The minimum Gasteiger partial charge on any atom is -0.343 e. The molecule has 1 aliphatic heterocycles. The predicted octanol–water partition coefficient (Wildman–Crippen LogP) is 2.45. The van der Waals surface area contributed by atoms with Gasteiger partial charge in [0.05, 0.1) is 0 Å². The minimum absolute atomic E-state index is 0. The molecule has 2 fully saturated rings. The van der Waals surface area contributed by atoms with Gasteiger partial charge in [0.2, 0.25) is 5.91 Å². The monoisotopic (exact) mass is 274 g/mol. The third kappa shape index (κ3) is 4.43. The second-order valence-electron chi connectivity index (χ2n) is 5.74.